The number of aromatic nitrogens is 3. The summed E-state index contributed by atoms with van der Waals surface area (Å²) in [7, 11) is 0. The molecule has 0 unspecified atom stereocenters. The number of anilines is 1. The number of carbonyl (C=O) groups is 1. The summed E-state index contributed by atoms with van der Waals surface area (Å²) in [5, 5.41) is 16.2. The van der Waals surface area contributed by atoms with E-state index in [1.165, 1.54) is 22.5 Å². The minimum Gasteiger partial charge on any atom is -0.361 e. The fourth-order valence-electron chi connectivity index (χ4n) is 2.45. The van der Waals surface area contributed by atoms with Gasteiger partial charge in [-0.3, -0.25) is 4.79 Å². The zero-order chi connectivity index (χ0) is 17.1. The second kappa shape index (κ2) is 6.92. The van der Waals surface area contributed by atoms with Gasteiger partial charge in [0.05, 0.1) is 12.1 Å². The number of hydrogen-bond donors (Lipinski definition) is 1. The molecule has 0 aliphatic rings. The number of aryl methyl sites for hydroxylation is 3. The van der Waals surface area contributed by atoms with E-state index in [4.69, 9.17) is 4.52 Å². The number of carbonyl (C=O) groups excluding carboxylic acids is 1. The molecule has 6 nitrogen and oxygen atoms in total. The van der Waals surface area contributed by atoms with Crippen LogP contribution in [0.25, 0.3) is 0 Å². The Balaban J connectivity index is 1.62. The molecule has 1 amide bonds. The Kier molecular flexibility index (Phi) is 4.71. The van der Waals surface area contributed by atoms with Crippen LogP contribution >= 0.6 is 11.3 Å². The van der Waals surface area contributed by atoms with Crippen molar-refractivity contribution in [2.75, 3.05) is 5.32 Å². The lowest BCUT2D eigenvalue weighted by molar-refractivity contribution is -0.115. The number of nitrogens with one attached hydrogen (secondary N) is 1. The maximum absolute atomic E-state index is 12.2. The first-order chi connectivity index (χ1) is 11.5. The average Bonchev–Trinajstić information content (AvgIpc) is 3.08. The van der Waals surface area contributed by atoms with Crippen LogP contribution in [0.5, 0.6) is 0 Å². The second-order valence-electron chi connectivity index (χ2n) is 5.69. The molecule has 3 aromatic rings. The molecular weight excluding hydrogens is 324 g/mol. The van der Waals surface area contributed by atoms with Crippen molar-refractivity contribution in [1.29, 1.82) is 0 Å². The predicted octanol–water partition coefficient (Wildman–Crippen LogP) is 3.22. The topological polar surface area (TPSA) is 80.9 Å². The van der Waals surface area contributed by atoms with Crippen molar-refractivity contribution in [2.24, 2.45) is 0 Å². The van der Waals surface area contributed by atoms with Crippen molar-refractivity contribution in [3.63, 3.8) is 0 Å². The highest BCUT2D eigenvalue weighted by Gasteiger charge is 2.15. The van der Waals surface area contributed by atoms with Crippen molar-refractivity contribution in [3.05, 3.63) is 57.4 Å². The number of rotatable bonds is 5. The largest absolute Gasteiger partial charge is 0.361 e. The Bertz CT molecular complexity index is 850. The van der Waals surface area contributed by atoms with Gasteiger partial charge >= 0.3 is 0 Å². The quantitative estimate of drug-likeness (QED) is 0.770. The molecule has 0 bridgehead atoms. The van der Waals surface area contributed by atoms with Gasteiger partial charge in [-0.25, -0.2) is 0 Å². The van der Waals surface area contributed by atoms with Crippen LogP contribution in [0.4, 0.5) is 5.13 Å². The van der Waals surface area contributed by atoms with E-state index in [9.17, 15) is 4.79 Å². The van der Waals surface area contributed by atoms with Crippen LogP contribution in [-0.2, 0) is 17.6 Å². The molecule has 7 heteroatoms. The summed E-state index contributed by atoms with van der Waals surface area (Å²) in [5.41, 5.74) is 3.95. The van der Waals surface area contributed by atoms with E-state index in [1.54, 1.807) is 6.92 Å². The first-order valence-electron chi connectivity index (χ1n) is 7.61. The zero-order valence-electron chi connectivity index (χ0n) is 13.8. The van der Waals surface area contributed by atoms with Gasteiger partial charge in [0.15, 0.2) is 0 Å². The van der Waals surface area contributed by atoms with Crippen LogP contribution in [-0.4, -0.2) is 21.3 Å². The van der Waals surface area contributed by atoms with Gasteiger partial charge in [0.1, 0.15) is 10.8 Å². The summed E-state index contributed by atoms with van der Waals surface area (Å²) in [6.45, 7) is 5.68. The van der Waals surface area contributed by atoms with Gasteiger partial charge in [-0.05, 0) is 26.3 Å². The second-order valence-corrected chi connectivity index (χ2v) is 6.76. The van der Waals surface area contributed by atoms with Gasteiger partial charge in [0, 0.05) is 12.0 Å². The summed E-state index contributed by atoms with van der Waals surface area (Å²) in [4.78, 5) is 12.2. The Hall–Kier alpha value is -2.54. The van der Waals surface area contributed by atoms with E-state index in [2.05, 4.69) is 45.8 Å². The Labute approximate surface area is 143 Å². The van der Waals surface area contributed by atoms with Gasteiger partial charge < -0.3 is 9.84 Å². The third kappa shape index (κ3) is 3.86. The summed E-state index contributed by atoms with van der Waals surface area (Å²) in [5.74, 6) is 0.516. The van der Waals surface area contributed by atoms with Gasteiger partial charge in [0.25, 0.3) is 0 Å². The molecule has 3 rings (SSSR count). The normalized spacial score (nSPS) is 10.8. The molecule has 1 N–H and O–H groups in total. The molecule has 0 saturated heterocycles. The maximum atomic E-state index is 12.2. The monoisotopic (exact) mass is 342 g/mol. The first kappa shape index (κ1) is 16.3. The van der Waals surface area contributed by atoms with Crippen LogP contribution < -0.4 is 5.32 Å². The van der Waals surface area contributed by atoms with Crippen LogP contribution in [0.1, 0.15) is 33.2 Å². The summed E-state index contributed by atoms with van der Waals surface area (Å²) < 4.78 is 5.07. The third-order valence-electron chi connectivity index (χ3n) is 3.67. The van der Waals surface area contributed by atoms with E-state index in [-0.39, 0.29) is 12.3 Å². The van der Waals surface area contributed by atoms with Crippen LogP contribution in [0, 0.1) is 20.8 Å². The van der Waals surface area contributed by atoms with E-state index in [1.807, 2.05) is 13.0 Å². The summed E-state index contributed by atoms with van der Waals surface area (Å²) in [6, 6.07) is 8.27. The van der Waals surface area contributed by atoms with E-state index in [0.29, 0.717) is 17.3 Å². The summed E-state index contributed by atoms with van der Waals surface area (Å²) >= 11 is 1.39. The van der Waals surface area contributed by atoms with Crippen molar-refractivity contribution in [2.45, 2.75) is 33.6 Å². The number of amides is 1. The van der Waals surface area contributed by atoms with Crippen molar-refractivity contribution >= 4 is 22.4 Å². The molecule has 24 heavy (non-hydrogen) atoms. The molecule has 0 fully saturated rings. The smallest absolute Gasteiger partial charge is 0.230 e. The highest BCUT2D eigenvalue weighted by Crippen LogP contribution is 2.20. The third-order valence-corrected chi connectivity index (χ3v) is 4.51. The predicted molar refractivity (Wildman–Crippen MR) is 92.2 cm³/mol. The fourth-order valence-corrected chi connectivity index (χ4v) is 3.24. The van der Waals surface area contributed by atoms with E-state index >= 15 is 0 Å². The van der Waals surface area contributed by atoms with Crippen molar-refractivity contribution in [3.8, 4) is 0 Å². The summed E-state index contributed by atoms with van der Waals surface area (Å²) in [6.07, 6.45) is 0.924. The van der Waals surface area contributed by atoms with Crippen LogP contribution in [0.15, 0.2) is 28.8 Å². The lowest BCUT2D eigenvalue weighted by Gasteiger charge is -2.00. The lowest BCUT2D eigenvalue weighted by Crippen LogP contribution is -2.15. The number of benzene rings is 1. The van der Waals surface area contributed by atoms with E-state index < -0.39 is 0 Å². The van der Waals surface area contributed by atoms with Gasteiger partial charge in [-0.15, -0.1) is 10.2 Å². The standard InChI is InChI=1S/C17H18N4O2S/c1-10-5-4-6-13(7-10)8-16-19-20-17(24-16)18-15(22)9-14-11(2)21-23-12(14)3/h4-7H,8-9H2,1-3H3,(H,18,20,22). The molecule has 0 spiro atoms. The SMILES string of the molecule is Cc1cccc(Cc2nnc(NC(=O)Cc3c(C)noc3C)s2)c1. The minimum atomic E-state index is -0.150. The van der Waals surface area contributed by atoms with Crippen molar-refractivity contribution in [1.82, 2.24) is 15.4 Å². The Morgan fingerprint density at radius 3 is 2.79 bits per heavy atom. The van der Waals surface area contributed by atoms with E-state index in [0.717, 1.165) is 16.3 Å². The molecule has 124 valence electrons. The number of nitrogens with zero attached hydrogens (tertiary/aromatic N) is 3. The molecule has 2 heterocycles. The Morgan fingerprint density at radius 2 is 2.08 bits per heavy atom. The molecule has 0 aliphatic carbocycles. The van der Waals surface area contributed by atoms with Gasteiger partial charge in [-0.1, -0.05) is 46.3 Å². The van der Waals surface area contributed by atoms with Crippen molar-refractivity contribution < 1.29 is 9.32 Å². The molecule has 2 aromatic heterocycles. The van der Waals surface area contributed by atoms with Crippen LogP contribution in [0.3, 0.4) is 0 Å². The highest BCUT2D eigenvalue weighted by molar-refractivity contribution is 7.15. The maximum Gasteiger partial charge on any atom is 0.230 e. The molecule has 0 aliphatic heterocycles. The molecule has 0 radical (unpaired) electrons. The fraction of sp³-hybridized carbons (Fsp3) is 0.294. The van der Waals surface area contributed by atoms with Gasteiger partial charge in [0.2, 0.25) is 11.0 Å². The number of hydrogen-bond acceptors (Lipinski definition) is 6. The molecule has 0 saturated carbocycles. The molecule has 1 aromatic carbocycles. The van der Waals surface area contributed by atoms with Gasteiger partial charge in [-0.2, -0.15) is 0 Å². The Morgan fingerprint density at radius 1 is 1.25 bits per heavy atom. The molecule has 0 atom stereocenters. The first-order valence-corrected chi connectivity index (χ1v) is 8.42. The highest BCUT2D eigenvalue weighted by atomic mass is 32.1. The minimum absolute atomic E-state index is 0.150. The average molecular weight is 342 g/mol. The lowest BCUT2D eigenvalue weighted by atomic mass is 10.1. The molecular formula is C17H18N4O2S. The van der Waals surface area contributed by atoms with Crippen LogP contribution in [0.2, 0.25) is 0 Å². The zero-order valence-corrected chi connectivity index (χ0v) is 14.6.